The average molecular weight is 483 g/mol. The summed E-state index contributed by atoms with van der Waals surface area (Å²) < 4.78 is 17.0. The number of amides is 1. The van der Waals surface area contributed by atoms with Crippen LogP contribution in [0.1, 0.15) is 46.8 Å². The predicted octanol–water partition coefficient (Wildman–Crippen LogP) is 5.53. The van der Waals surface area contributed by atoms with E-state index in [1.165, 1.54) is 44.2 Å². The van der Waals surface area contributed by atoms with E-state index in [2.05, 4.69) is 36.5 Å². The average Bonchev–Trinajstić information content (AvgIpc) is 2.84. The summed E-state index contributed by atoms with van der Waals surface area (Å²) in [6.07, 6.45) is 1.44. The van der Waals surface area contributed by atoms with Gasteiger partial charge in [0.15, 0.2) is 11.5 Å². The van der Waals surface area contributed by atoms with Crippen LogP contribution in [0.25, 0.3) is 0 Å². The Hall–Kier alpha value is -3.71. The summed E-state index contributed by atoms with van der Waals surface area (Å²) in [6, 6.07) is 15.9. The number of halogens is 1. The fourth-order valence-corrected chi connectivity index (χ4v) is 3.39. The van der Waals surface area contributed by atoms with Gasteiger partial charge < -0.3 is 19.3 Å². The molecule has 0 radical (unpaired) electrons. The van der Waals surface area contributed by atoms with Crippen molar-refractivity contribution in [2.24, 2.45) is 5.10 Å². The Balaban J connectivity index is 1.72. The summed E-state index contributed by atoms with van der Waals surface area (Å²) in [5.41, 5.74) is 5.56. The number of aromatic hydroxyl groups is 1. The van der Waals surface area contributed by atoms with Gasteiger partial charge in [-0.1, -0.05) is 49.7 Å². The highest BCUT2D eigenvalue weighted by atomic mass is 35.5. The second-order valence-corrected chi connectivity index (χ2v) is 8.18. The fourth-order valence-electron chi connectivity index (χ4n) is 3.21. The number of hydrogen-bond donors (Lipinski definition) is 2. The molecule has 7 nitrogen and oxygen atoms in total. The Bertz CT molecular complexity index is 1180. The summed E-state index contributed by atoms with van der Waals surface area (Å²) in [5.74, 6) is 1.24. The van der Waals surface area contributed by atoms with Gasteiger partial charge in [-0.25, -0.2) is 5.43 Å². The van der Waals surface area contributed by atoms with E-state index in [4.69, 9.17) is 25.8 Å². The Kier molecular flexibility index (Phi) is 8.38. The van der Waals surface area contributed by atoms with Crippen LogP contribution in [-0.4, -0.2) is 31.4 Å². The first-order valence-corrected chi connectivity index (χ1v) is 11.0. The molecular formula is C26H27ClN2O5. The van der Waals surface area contributed by atoms with Crippen molar-refractivity contribution in [2.75, 3.05) is 14.2 Å². The van der Waals surface area contributed by atoms with E-state index in [0.717, 1.165) is 5.56 Å². The number of hydrazone groups is 1. The Morgan fingerprint density at radius 1 is 1.06 bits per heavy atom. The summed E-state index contributed by atoms with van der Waals surface area (Å²) in [6.45, 7) is 4.68. The van der Waals surface area contributed by atoms with Gasteiger partial charge >= 0.3 is 0 Å². The SMILES string of the molecule is COc1c(C=NNC(=O)c2ccc(O)c(Cl)c2)ccc(OCc2ccc(C(C)C)cc2)c1OC. The molecule has 0 unspecified atom stereocenters. The predicted molar refractivity (Wildman–Crippen MR) is 133 cm³/mol. The van der Waals surface area contributed by atoms with E-state index in [1.54, 1.807) is 12.1 Å². The highest BCUT2D eigenvalue weighted by molar-refractivity contribution is 6.32. The molecule has 0 spiro atoms. The van der Waals surface area contributed by atoms with Crippen molar-refractivity contribution in [3.05, 3.63) is 81.9 Å². The lowest BCUT2D eigenvalue weighted by molar-refractivity contribution is 0.0955. The smallest absolute Gasteiger partial charge is 0.271 e. The molecule has 0 aliphatic carbocycles. The summed E-state index contributed by atoms with van der Waals surface area (Å²) in [5, 5.41) is 13.6. The standard InChI is InChI=1S/C26H27ClN2O5/c1-16(2)18-7-5-17(6-8-18)15-34-23-12-10-20(24(32-3)25(23)33-4)14-28-29-26(31)19-9-11-22(30)21(27)13-19/h5-14,16,30H,15H2,1-4H3,(H,29,31). The molecule has 0 aromatic heterocycles. The lowest BCUT2D eigenvalue weighted by Crippen LogP contribution is -2.17. The highest BCUT2D eigenvalue weighted by Crippen LogP contribution is 2.39. The fraction of sp³-hybridized carbons (Fsp3) is 0.231. The summed E-state index contributed by atoms with van der Waals surface area (Å²) in [4.78, 5) is 12.3. The maximum atomic E-state index is 12.3. The number of carbonyl (C=O) groups excluding carboxylic acids is 1. The van der Waals surface area contributed by atoms with Gasteiger partial charge in [-0.15, -0.1) is 0 Å². The number of benzene rings is 3. The molecule has 1 amide bonds. The Morgan fingerprint density at radius 3 is 2.38 bits per heavy atom. The molecule has 3 rings (SSSR count). The maximum Gasteiger partial charge on any atom is 0.271 e. The zero-order valence-corrected chi connectivity index (χ0v) is 20.2. The zero-order chi connectivity index (χ0) is 24.7. The van der Waals surface area contributed by atoms with Crippen molar-refractivity contribution in [3.8, 4) is 23.0 Å². The first-order chi connectivity index (χ1) is 16.3. The number of phenols is 1. The van der Waals surface area contributed by atoms with Crippen LogP contribution in [0.15, 0.2) is 59.7 Å². The third-order valence-corrected chi connectivity index (χ3v) is 5.44. The molecule has 0 saturated heterocycles. The van der Waals surface area contributed by atoms with Crippen molar-refractivity contribution in [1.82, 2.24) is 5.43 Å². The Morgan fingerprint density at radius 2 is 1.76 bits per heavy atom. The minimum absolute atomic E-state index is 0.0782. The van der Waals surface area contributed by atoms with E-state index >= 15 is 0 Å². The van der Waals surface area contributed by atoms with Crippen LogP contribution in [0.2, 0.25) is 5.02 Å². The van der Waals surface area contributed by atoms with Crippen molar-refractivity contribution in [1.29, 1.82) is 0 Å². The van der Waals surface area contributed by atoms with E-state index in [1.807, 2.05) is 12.1 Å². The summed E-state index contributed by atoms with van der Waals surface area (Å²) >= 11 is 5.85. The number of nitrogens with zero attached hydrogens (tertiary/aromatic N) is 1. The van der Waals surface area contributed by atoms with E-state index in [9.17, 15) is 9.90 Å². The van der Waals surface area contributed by atoms with E-state index in [0.29, 0.717) is 35.3 Å². The number of hydrogen-bond acceptors (Lipinski definition) is 6. The van der Waals surface area contributed by atoms with Crippen LogP contribution in [0, 0.1) is 0 Å². The lowest BCUT2D eigenvalue weighted by Gasteiger charge is -2.16. The molecule has 0 heterocycles. The number of rotatable bonds is 9. The van der Waals surface area contributed by atoms with Gasteiger partial charge in [-0.3, -0.25) is 4.79 Å². The van der Waals surface area contributed by atoms with Crippen LogP contribution in [0.3, 0.4) is 0 Å². The molecule has 0 fully saturated rings. The molecular weight excluding hydrogens is 456 g/mol. The van der Waals surface area contributed by atoms with Crippen LogP contribution in [0.5, 0.6) is 23.0 Å². The number of carbonyl (C=O) groups is 1. The van der Waals surface area contributed by atoms with Crippen LogP contribution < -0.4 is 19.6 Å². The molecule has 3 aromatic carbocycles. The lowest BCUT2D eigenvalue weighted by atomic mass is 10.0. The molecule has 0 aliphatic heterocycles. The second kappa shape index (κ2) is 11.4. The molecule has 34 heavy (non-hydrogen) atoms. The minimum atomic E-state index is -0.479. The monoisotopic (exact) mass is 482 g/mol. The van der Waals surface area contributed by atoms with Gasteiger partial charge in [0, 0.05) is 11.1 Å². The number of nitrogens with one attached hydrogen (secondary N) is 1. The normalized spacial score (nSPS) is 11.0. The number of methoxy groups -OCH3 is 2. The van der Waals surface area contributed by atoms with Crippen molar-refractivity contribution < 1.29 is 24.1 Å². The topological polar surface area (TPSA) is 89.4 Å². The zero-order valence-electron chi connectivity index (χ0n) is 19.5. The molecule has 0 saturated carbocycles. The number of ether oxygens (including phenoxy) is 3. The molecule has 0 bridgehead atoms. The van der Waals surface area contributed by atoms with Gasteiger partial charge in [0.25, 0.3) is 5.91 Å². The van der Waals surface area contributed by atoms with Crippen LogP contribution in [0.4, 0.5) is 0 Å². The van der Waals surface area contributed by atoms with Gasteiger partial charge in [0.05, 0.1) is 25.5 Å². The molecule has 8 heteroatoms. The first-order valence-electron chi connectivity index (χ1n) is 10.6. The minimum Gasteiger partial charge on any atom is -0.506 e. The van der Waals surface area contributed by atoms with Gasteiger partial charge in [-0.2, -0.15) is 5.10 Å². The van der Waals surface area contributed by atoms with Crippen molar-refractivity contribution in [2.45, 2.75) is 26.4 Å². The van der Waals surface area contributed by atoms with Gasteiger partial charge in [0.1, 0.15) is 12.4 Å². The van der Waals surface area contributed by atoms with Gasteiger partial charge in [0.2, 0.25) is 5.75 Å². The molecule has 3 aromatic rings. The molecule has 2 N–H and O–H groups in total. The van der Waals surface area contributed by atoms with Crippen LogP contribution in [-0.2, 0) is 6.61 Å². The summed E-state index contributed by atoms with van der Waals surface area (Å²) in [7, 11) is 3.04. The van der Waals surface area contributed by atoms with Crippen molar-refractivity contribution in [3.63, 3.8) is 0 Å². The molecule has 0 aliphatic rings. The third kappa shape index (κ3) is 5.99. The Labute approximate surface area is 203 Å². The molecule has 178 valence electrons. The quantitative estimate of drug-likeness (QED) is 0.309. The highest BCUT2D eigenvalue weighted by Gasteiger charge is 2.16. The third-order valence-electron chi connectivity index (χ3n) is 5.14. The van der Waals surface area contributed by atoms with E-state index in [-0.39, 0.29) is 16.3 Å². The number of phenolic OH excluding ortho intramolecular Hbond substituents is 1. The maximum absolute atomic E-state index is 12.3. The van der Waals surface area contributed by atoms with E-state index < -0.39 is 5.91 Å². The van der Waals surface area contributed by atoms with Gasteiger partial charge in [-0.05, 0) is 47.4 Å². The van der Waals surface area contributed by atoms with Crippen LogP contribution >= 0.6 is 11.6 Å². The van der Waals surface area contributed by atoms with Crippen molar-refractivity contribution >= 4 is 23.7 Å². The second-order valence-electron chi connectivity index (χ2n) is 7.77. The largest absolute Gasteiger partial charge is 0.506 e. The molecule has 0 atom stereocenters. The first kappa shape index (κ1) is 24.9.